The molecule has 162 valence electrons. The van der Waals surface area contributed by atoms with Crippen LogP contribution in [0.2, 0.25) is 0 Å². The number of esters is 1. The van der Waals surface area contributed by atoms with Gasteiger partial charge in [0.05, 0.1) is 32.6 Å². The van der Waals surface area contributed by atoms with Crippen LogP contribution in [0.1, 0.15) is 29.8 Å². The molecule has 0 bridgehead atoms. The van der Waals surface area contributed by atoms with Gasteiger partial charge >= 0.3 is 5.97 Å². The van der Waals surface area contributed by atoms with Crippen LogP contribution in [0.4, 0.5) is 5.69 Å². The van der Waals surface area contributed by atoms with Crippen molar-refractivity contribution in [2.24, 2.45) is 4.99 Å². The van der Waals surface area contributed by atoms with Gasteiger partial charge in [-0.1, -0.05) is 13.8 Å². The number of nitrogens with zero attached hydrogens (tertiary/aromatic N) is 2. The highest BCUT2D eigenvalue weighted by molar-refractivity contribution is 5.90. The Kier molecular flexibility index (Phi) is 9.15. The van der Waals surface area contributed by atoms with Gasteiger partial charge in [-0.3, -0.25) is 4.99 Å². The summed E-state index contributed by atoms with van der Waals surface area (Å²) in [6.45, 7) is 7.15. The van der Waals surface area contributed by atoms with E-state index >= 15 is 0 Å². The lowest BCUT2D eigenvalue weighted by atomic mass is 10.2. The fourth-order valence-electron chi connectivity index (χ4n) is 2.90. The van der Waals surface area contributed by atoms with Gasteiger partial charge < -0.3 is 23.8 Å². The first kappa shape index (κ1) is 23.2. The van der Waals surface area contributed by atoms with Crippen LogP contribution in [-0.2, 0) is 4.74 Å². The molecule has 0 spiro atoms. The number of likely N-dealkylation sites (N-methyl/N-ethyl adjacent to an activating group) is 1. The van der Waals surface area contributed by atoms with E-state index < -0.39 is 0 Å². The number of ether oxygens (including phenoxy) is 4. The van der Waals surface area contributed by atoms with Crippen molar-refractivity contribution in [2.75, 3.05) is 47.6 Å². The first-order valence-electron chi connectivity index (χ1n) is 9.89. The van der Waals surface area contributed by atoms with Crippen LogP contribution >= 0.6 is 0 Å². The lowest BCUT2D eigenvalue weighted by Crippen LogP contribution is -2.27. The molecule has 0 atom stereocenters. The second-order valence-corrected chi connectivity index (χ2v) is 6.43. The standard InChI is InChI=1S/C23H30N2O5/c1-6-25(7-2)12-13-30-23(26)18-8-10-19(11-9-18)24-16-17-14-20(27-3)22(29-5)21(15-17)28-4/h8-11,14-16H,6-7,12-13H2,1-5H3. The largest absolute Gasteiger partial charge is 0.493 e. The SMILES string of the molecule is CCN(CC)CCOC(=O)c1ccc(N=Cc2cc(OC)c(OC)c(OC)c2)cc1. The van der Waals surface area contributed by atoms with Crippen molar-refractivity contribution in [3.05, 3.63) is 47.5 Å². The fraction of sp³-hybridized carbons (Fsp3) is 0.391. The van der Waals surface area contributed by atoms with Crippen LogP contribution in [-0.4, -0.2) is 64.7 Å². The van der Waals surface area contributed by atoms with Gasteiger partial charge in [-0.05, 0) is 49.5 Å². The maximum Gasteiger partial charge on any atom is 0.338 e. The normalized spacial score (nSPS) is 11.0. The number of benzene rings is 2. The molecule has 0 radical (unpaired) electrons. The Bertz CT molecular complexity index is 820. The summed E-state index contributed by atoms with van der Waals surface area (Å²) in [7, 11) is 4.69. The monoisotopic (exact) mass is 414 g/mol. The first-order chi connectivity index (χ1) is 14.6. The number of carbonyl (C=O) groups is 1. The fourth-order valence-corrected chi connectivity index (χ4v) is 2.90. The number of rotatable bonds is 11. The van der Waals surface area contributed by atoms with Crippen molar-refractivity contribution in [1.82, 2.24) is 4.90 Å². The van der Waals surface area contributed by atoms with Gasteiger partial charge in [0.2, 0.25) is 5.75 Å². The quantitative estimate of drug-likeness (QED) is 0.409. The zero-order valence-electron chi connectivity index (χ0n) is 18.3. The Labute approximate surface area is 178 Å². The van der Waals surface area contributed by atoms with Crippen LogP contribution in [0.25, 0.3) is 0 Å². The molecule has 2 aromatic carbocycles. The Morgan fingerprint density at radius 2 is 1.57 bits per heavy atom. The minimum absolute atomic E-state index is 0.331. The molecule has 0 N–H and O–H groups in total. The smallest absolute Gasteiger partial charge is 0.338 e. The Morgan fingerprint density at radius 3 is 2.07 bits per heavy atom. The predicted molar refractivity (Wildman–Crippen MR) is 118 cm³/mol. The summed E-state index contributed by atoms with van der Waals surface area (Å²) in [5.74, 6) is 1.31. The third kappa shape index (κ3) is 6.22. The van der Waals surface area contributed by atoms with E-state index in [1.165, 1.54) is 0 Å². The van der Waals surface area contributed by atoms with Gasteiger partial charge in [-0.25, -0.2) is 4.79 Å². The lowest BCUT2D eigenvalue weighted by molar-refractivity contribution is 0.0466. The van der Waals surface area contributed by atoms with Crippen molar-refractivity contribution < 1.29 is 23.7 Å². The molecule has 2 rings (SSSR count). The molecule has 7 nitrogen and oxygen atoms in total. The van der Waals surface area contributed by atoms with Gasteiger partial charge in [0.15, 0.2) is 11.5 Å². The number of hydrogen-bond acceptors (Lipinski definition) is 7. The third-order valence-corrected chi connectivity index (χ3v) is 4.69. The number of aliphatic imine (C=N–C) groups is 1. The summed E-state index contributed by atoms with van der Waals surface area (Å²) in [5, 5.41) is 0. The van der Waals surface area contributed by atoms with Crippen LogP contribution in [0.15, 0.2) is 41.4 Å². The molecule has 0 aliphatic carbocycles. The minimum Gasteiger partial charge on any atom is -0.493 e. The van der Waals surface area contributed by atoms with E-state index in [0.717, 1.165) is 25.2 Å². The topological polar surface area (TPSA) is 69.6 Å². The molecular formula is C23H30N2O5. The highest BCUT2D eigenvalue weighted by atomic mass is 16.5. The zero-order chi connectivity index (χ0) is 21.9. The van der Waals surface area contributed by atoms with Crippen LogP contribution in [0, 0.1) is 0 Å². The molecule has 0 unspecified atom stereocenters. The summed E-state index contributed by atoms with van der Waals surface area (Å²) in [6, 6.07) is 10.6. The van der Waals surface area contributed by atoms with E-state index in [4.69, 9.17) is 18.9 Å². The first-order valence-corrected chi connectivity index (χ1v) is 9.89. The molecule has 0 heterocycles. The second-order valence-electron chi connectivity index (χ2n) is 6.43. The van der Waals surface area contributed by atoms with Crippen LogP contribution in [0.3, 0.4) is 0 Å². The van der Waals surface area contributed by atoms with E-state index in [9.17, 15) is 4.79 Å². The zero-order valence-corrected chi connectivity index (χ0v) is 18.3. The van der Waals surface area contributed by atoms with Crippen LogP contribution < -0.4 is 14.2 Å². The second kappa shape index (κ2) is 11.8. The van der Waals surface area contributed by atoms with E-state index in [-0.39, 0.29) is 5.97 Å². The molecule has 0 amide bonds. The summed E-state index contributed by atoms with van der Waals surface area (Å²) >= 11 is 0. The molecule has 0 fully saturated rings. The van der Waals surface area contributed by atoms with Crippen molar-refractivity contribution in [3.8, 4) is 17.2 Å². The van der Waals surface area contributed by atoms with Gasteiger partial charge in [0.1, 0.15) is 6.61 Å². The Balaban J connectivity index is 2.03. The minimum atomic E-state index is -0.331. The third-order valence-electron chi connectivity index (χ3n) is 4.69. The highest BCUT2D eigenvalue weighted by Gasteiger charge is 2.12. The van der Waals surface area contributed by atoms with E-state index in [1.807, 2.05) is 12.1 Å². The molecule has 0 aliphatic heterocycles. The van der Waals surface area contributed by atoms with Gasteiger partial charge in [-0.2, -0.15) is 0 Å². The van der Waals surface area contributed by atoms with Gasteiger partial charge in [-0.15, -0.1) is 0 Å². The highest BCUT2D eigenvalue weighted by Crippen LogP contribution is 2.37. The Morgan fingerprint density at radius 1 is 0.967 bits per heavy atom. The summed E-state index contributed by atoms with van der Waals surface area (Å²) in [5.41, 5.74) is 2.01. The van der Waals surface area contributed by atoms with Crippen molar-refractivity contribution in [2.45, 2.75) is 13.8 Å². The number of hydrogen-bond donors (Lipinski definition) is 0. The van der Waals surface area contributed by atoms with Crippen molar-refractivity contribution in [1.29, 1.82) is 0 Å². The predicted octanol–water partition coefficient (Wildman–Crippen LogP) is 3.96. The van der Waals surface area contributed by atoms with E-state index in [2.05, 4.69) is 23.7 Å². The molecule has 30 heavy (non-hydrogen) atoms. The number of carbonyl (C=O) groups excluding carboxylic acids is 1. The maximum atomic E-state index is 12.2. The molecule has 0 aliphatic rings. The van der Waals surface area contributed by atoms with Crippen LogP contribution in [0.5, 0.6) is 17.2 Å². The lowest BCUT2D eigenvalue weighted by Gasteiger charge is -2.17. The van der Waals surface area contributed by atoms with Crippen molar-refractivity contribution in [3.63, 3.8) is 0 Å². The molecule has 7 heteroatoms. The average molecular weight is 415 g/mol. The molecule has 0 aromatic heterocycles. The Hall–Kier alpha value is -3.06. The van der Waals surface area contributed by atoms with Gasteiger partial charge in [0.25, 0.3) is 0 Å². The molecular weight excluding hydrogens is 384 g/mol. The van der Waals surface area contributed by atoms with Gasteiger partial charge in [0, 0.05) is 18.3 Å². The van der Waals surface area contributed by atoms with E-state index in [0.29, 0.717) is 35.1 Å². The molecule has 2 aromatic rings. The maximum absolute atomic E-state index is 12.2. The number of methoxy groups -OCH3 is 3. The molecule has 0 saturated heterocycles. The summed E-state index contributed by atoms with van der Waals surface area (Å²) in [6.07, 6.45) is 1.70. The van der Waals surface area contributed by atoms with E-state index in [1.54, 1.807) is 51.8 Å². The average Bonchev–Trinajstić information content (AvgIpc) is 2.79. The summed E-state index contributed by atoms with van der Waals surface area (Å²) < 4.78 is 21.4. The summed E-state index contributed by atoms with van der Waals surface area (Å²) in [4.78, 5) is 18.8. The van der Waals surface area contributed by atoms with Crippen molar-refractivity contribution >= 4 is 17.9 Å². The molecule has 0 saturated carbocycles.